The van der Waals surface area contributed by atoms with Crippen molar-refractivity contribution in [3.05, 3.63) is 0 Å². The second kappa shape index (κ2) is 6.12. The highest BCUT2D eigenvalue weighted by Crippen LogP contribution is 2.21. The Hall–Kier alpha value is -1.10. The van der Waals surface area contributed by atoms with E-state index in [1.54, 1.807) is 0 Å². The predicted octanol–water partition coefficient (Wildman–Crippen LogP) is 0.892. The molecule has 0 aromatic heterocycles. The molecule has 0 spiro atoms. The number of rotatable bonds is 4. The Kier molecular flexibility index (Phi) is 4.68. The fraction of sp³-hybridized carbons (Fsp3) is 0.867. The first-order valence-electron chi connectivity index (χ1n) is 7.68. The molecular formula is C15H27N3O2. The number of nitrogens with zero attached hydrogens (tertiary/aromatic N) is 1. The van der Waals surface area contributed by atoms with Gasteiger partial charge < -0.3 is 15.5 Å². The summed E-state index contributed by atoms with van der Waals surface area (Å²) in [6.45, 7) is 7.77. The Bertz CT molecular complexity index is 364. The van der Waals surface area contributed by atoms with E-state index in [1.165, 1.54) is 12.8 Å². The van der Waals surface area contributed by atoms with Crippen LogP contribution < -0.4 is 10.6 Å². The molecule has 5 heteroatoms. The van der Waals surface area contributed by atoms with Crippen molar-refractivity contribution < 1.29 is 9.59 Å². The zero-order chi connectivity index (χ0) is 14.8. The molecule has 0 aromatic rings. The molecule has 20 heavy (non-hydrogen) atoms. The maximum absolute atomic E-state index is 12.2. The van der Waals surface area contributed by atoms with Gasteiger partial charge in [0, 0.05) is 30.6 Å². The molecule has 2 amide bonds. The molecule has 114 valence electrons. The van der Waals surface area contributed by atoms with Crippen LogP contribution in [0.5, 0.6) is 0 Å². The smallest absolute Gasteiger partial charge is 0.234 e. The van der Waals surface area contributed by atoms with Crippen molar-refractivity contribution in [3.8, 4) is 0 Å². The number of carbonyl (C=O) groups is 2. The molecule has 2 rings (SSSR count). The summed E-state index contributed by atoms with van der Waals surface area (Å²) in [4.78, 5) is 25.8. The zero-order valence-electron chi connectivity index (χ0n) is 12.9. The number of likely N-dealkylation sites (tertiary alicyclic amines) is 1. The summed E-state index contributed by atoms with van der Waals surface area (Å²) in [6, 6.07) is 0.777. The van der Waals surface area contributed by atoms with Crippen LogP contribution in [0.4, 0.5) is 0 Å². The molecule has 1 saturated carbocycles. The van der Waals surface area contributed by atoms with Crippen molar-refractivity contribution in [3.63, 3.8) is 0 Å². The summed E-state index contributed by atoms with van der Waals surface area (Å²) in [7, 11) is 0. The number of nitrogens with one attached hydrogen (secondary N) is 2. The molecular weight excluding hydrogens is 254 g/mol. The van der Waals surface area contributed by atoms with Gasteiger partial charge in [-0.05, 0) is 25.7 Å². The van der Waals surface area contributed by atoms with Crippen molar-refractivity contribution >= 4 is 11.8 Å². The first-order chi connectivity index (χ1) is 9.36. The van der Waals surface area contributed by atoms with Crippen molar-refractivity contribution in [2.24, 2.45) is 5.41 Å². The quantitative estimate of drug-likeness (QED) is 0.804. The van der Waals surface area contributed by atoms with Gasteiger partial charge in [-0.3, -0.25) is 9.59 Å². The number of hydrogen-bond acceptors (Lipinski definition) is 3. The van der Waals surface area contributed by atoms with Crippen molar-refractivity contribution in [1.82, 2.24) is 15.5 Å². The normalized spacial score (nSPS) is 20.9. The molecule has 2 fully saturated rings. The molecule has 0 unspecified atom stereocenters. The fourth-order valence-corrected chi connectivity index (χ4v) is 2.50. The van der Waals surface area contributed by atoms with Crippen LogP contribution in [0.3, 0.4) is 0 Å². The third kappa shape index (κ3) is 4.47. The van der Waals surface area contributed by atoms with Gasteiger partial charge in [0.1, 0.15) is 0 Å². The lowest BCUT2D eigenvalue weighted by Crippen LogP contribution is -2.50. The van der Waals surface area contributed by atoms with Gasteiger partial charge in [0.25, 0.3) is 0 Å². The molecule has 2 aliphatic rings. The van der Waals surface area contributed by atoms with E-state index >= 15 is 0 Å². The molecule has 1 aliphatic heterocycles. The lowest BCUT2D eigenvalue weighted by Gasteiger charge is -2.36. The fourth-order valence-electron chi connectivity index (χ4n) is 2.50. The molecule has 0 aromatic carbocycles. The third-order valence-electron chi connectivity index (χ3n) is 3.92. The number of piperidine rings is 1. The first kappa shape index (κ1) is 15.3. The number of amides is 2. The zero-order valence-corrected chi connectivity index (χ0v) is 12.9. The van der Waals surface area contributed by atoms with Crippen molar-refractivity contribution in [1.29, 1.82) is 0 Å². The van der Waals surface area contributed by atoms with Crippen LogP contribution in [0.2, 0.25) is 0 Å². The Morgan fingerprint density at radius 3 is 2.15 bits per heavy atom. The Balaban J connectivity index is 1.68. The van der Waals surface area contributed by atoms with E-state index in [0.29, 0.717) is 12.6 Å². The lowest BCUT2D eigenvalue weighted by molar-refractivity contribution is -0.140. The van der Waals surface area contributed by atoms with Gasteiger partial charge in [0.2, 0.25) is 11.8 Å². The van der Waals surface area contributed by atoms with Crippen LogP contribution in [0.25, 0.3) is 0 Å². The average Bonchev–Trinajstić information content (AvgIpc) is 3.19. The highest BCUT2D eigenvalue weighted by molar-refractivity contribution is 5.81. The van der Waals surface area contributed by atoms with Gasteiger partial charge in [0.15, 0.2) is 0 Å². The highest BCUT2D eigenvalue weighted by Gasteiger charge is 2.30. The van der Waals surface area contributed by atoms with Gasteiger partial charge in [-0.15, -0.1) is 0 Å². The maximum atomic E-state index is 12.2. The summed E-state index contributed by atoms with van der Waals surface area (Å²) < 4.78 is 0. The largest absolute Gasteiger partial charge is 0.352 e. The minimum Gasteiger partial charge on any atom is -0.352 e. The average molecular weight is 281 g/mol. The SMILES string of the molecule is CC(C)(C)C(=O)N1CCC(NC(=O)CNC2CC2)CC1. The van der Waals surface area contributed by atoms with Crippen LogP contribution in [0, 0.1) is 5.41 Å². The number of carbonyl (C=O) groups excluding carboxylic acids is 2. The van der Waals surface area contributed by atoms with Gasteiger partial charge in [-0.2, -0.15) is 0 Å². The van der Waals surface area contributed by atoms with Gasteiger partial charge in [-0.1, -0.05) is 20.8 Å². The van der Waals surface area contributed by atoms with Crippen LogP contribution >= 0.6 is 0 Å². The maximum Gasteiger partial charge on any atom is 0.234 e. The van der Waals surface area contributed by atoms with E-state index < -0.39 is 0 Å². The van der Waals surface area contributed by atoms with E-state index in [-0.39, 0.29) is 23.3 Å². The Morgan fingerprint density at radius 2 is 1.65 bits per heavy atom. The second-order valence-electron chi connectivity index (χ2n) is 7.04. The minimum atomic E-state index is -0.315. The van der Waals surface area contributed by atoms with Gasteiger partial charge in [0.05, 0.1) is 6.54 Å². The summed E-state index contributed by atoms with van der Waals surface area (Å²) in [6.07, 6.45) is 4.11. The first-order valence-corrected chi connectivity index (χ1v) is 7.68. The summed E-state index contributed by atoms with van der Waals surface area (Å²) in [5, 5.41) is 6.28. The predicted molar refractivity (Wildman–Crippen MR) is 78.2 cm³/mol. The van der Waals surface area contributed by atoms with Crippen molar-refractivity contribution in [2.45, 2.75) is 58.5 Å². The lowest BCUT2D eigenvalue weighted by atomic mass is 9.93. The Labute approximate surface area is 121 Å². The van der Waals surface area contributed by atoms with E-state index in [9.17, 15) is 9.59 Å². The van der Waals surface area contributed by atoms with E-state index in [4.69, 9.17) is 0 Å². The third-order valence-corrected chi connectivity index (χ3v) is 3.92. The topological polar surface area (TPSA) is 61.4 Å². The number of hydrogen-bond donors (Lipinski definition) is 2. The van der Waals surface area contributed by atoms with Crippen LogP contribution in [-0.2, 0) is 9.59 Å². The summed E-state index contributed by atoms with van der Waals surface area (Å²) in [5.41, 5.74) is -0.315. The standard InChI is InChI=1S/C15H27N3O2/c1-15(2,3)14(20)18-8-6-12(7-9-18)17-13(19)10-16-11-4-5-11/h11-12,16H,4-10H2,1-3H3,(H,17,19). The highest BCUT2D eigenvalue weighted by atomic mass is 16.2. The van der Waals surface area contributed by atoms with Crippen LogP contribution in [0.1, 0.15) is 46.5 Å². The molecule has 0 atom stereocenters. The molecule has 5 nitrogen and oxygen atoms in total. The second-order valence-corrected chi connectivity index (χ2v) is 7.04. The summed E-state index contributed by atoms with van der Waals surface area (Å²) in [5.74, 6) is 0.287. The van der Waals surface area contributed by atoms with Crippen LogP contribution in [0.15, 0.2) is 0 Å². The molecule has 0 bridgehead atoms. The monoisotopic (exact) mass is 281 g/mol. The minimum absolute atomic E-state index is 0.0810. The van der Waals surface area contributed by atoms with Crippen molar-refractivity contribution in [2.75, 3.05) is 19.6 Å². The molecule has 0 radical (unpaired) electrons. The Morgan fingerprint density at radius 1 is 1.05 bits per heavy atom. The van der Waals surface area contributed by atoms with Gasteiger partial charge >= 0.3 is 0 Å². The summed E-state index contributed by atoms with van der Waals surface area (Å²) >= 11 is 0. The van der Waals surface area contributed by atoms with E-state index in [2.05, 4.69) is 10.6 Å². The molecule has 1 heterocycles. The molecule has 1 aliphatic carbocycles. The molecule has 1 saturated heterocycles. The van der Waals surface area contributed by atoms with Gasteiger partial charge in [-0.25, -0.2) is 0 Å². The van der Waals surface area contributed by atoms with E-state index in [1.807, 2.05) is 25.7 Å². The van der Waals surface area contributed by atoms with E-state index in [0.717, 1.165) is 25.9 Å². The van der Waals surface area contributed by atoms with Crippen LogP contribution in [-0.4, -0.2) is 48.4 Å². The molecule has 2 N–H and O–H groups in total.